The van der Waals surface area contributed by atoms with Crippen LogP contribution >= 0.6 is 22.9 Å². The van der Waals surface area contributed by atoms with Crippen molar-refractivity contribution in [3.05, 3.63) is 63.8 Å². The second-order valence-corrected chi connectivity index (χ2v) is 9.45. The van der Waals surface area contributed by atoms with Crippen LogP contribution < -0.4 is 16.0 Å². The van der Waals surface area contributed by atoms with Crippen LogP contribution in [0, 0.1) is 6.92 Å². The van der Waals surface area contributed by atoms with E-state index in [0.29, 0.717) is 26.2 Å². The molecule has 2 aromatic heterocycles. The fraction of sp³-hybridized carbons (Fsp3) is 0.304. The number of carbonyl (C=O) groups excluding carboxylic acids is 3. The van der Waals surface area contributed by atoms with Crippen molar-refractivity contribution in [1.82, 2.24) is 15.1 Å². The number of aromatic nitrogens is 2. The number of hydrogen-bond acceptors (Lipinski definition) is 5. The molecule has 0 radical (unpaired) electrons. The molecule has 2 heterocycles. The number of thiophene rings is 1. The van der Waals surface area contributed by atoms with E-state index in [4.69, 9.17) is 11.6 Å². The largest absolute Gasteiger partial charge is 0.352 e. The maximum Gasteiger partial charge on any atom is 0.266 e. The van der Waals surface area contributed by atoms with Gasteiger partial charge in [-0.1, -0.05) is 36.6 Å². The van der Waals surface area contributed by atoms with E-state index in [2.05, 4.69) is 21.0 Å². The van der Waals surface area contributed by atoms with Gasteiger partial charge in [-0.3, -0.25) is 19.1 Å². The Morgan fingerprint density at radius 1 is 1.15 bits per heavy atom. The van der Waals surface area contributed by atoms with Crippen LogP contribution in [0.1, 0.15) is 51.3 Å². The predicted octanol–water partition coefficient (Wildman–Crippen LogP) is 4.47. The molecule has 3 aromatic rings. The number of hydrogen-bond donors (Lipinski definition) is 3. The number of halogens is 1. The highest BCUT2D eigenvalue weighted by atomic mass is 35.5. The maximum atomic E-state index is 12.8. The molecule has 1 aromatic carbocycles. The molecule has 0 aliphatic heterocycles. The molecule has 172 valence electrons. The first-order valence-corrected chi connectivity index (χ1v) is 11.9. The Morgan fingerprint density at radius 2 is 1.91 bits per heavy atom. The molecule has 1 fully saturated rings. The summed E-state index contributed by atoms with van der Waals surface area (Å²) >= 11 is 7.26. The second kappa shape index (κ2) is 10.2. The van der Waals surface area contributed by atoms with E-state index < -0.39 is 0 Å². The van der Waals surface area contributed by atoms with Gasteiger partial charge in [0.25, 0.3) is 11.8 Å². The number of aryl methyl sites for hydroxylation is 1. The number of carbonyl (C=O) groups is 3. The van der Waals surface area contributed by atoms with Crippen LogP contribution in [0.25, 0.3) is 0 Å². The molecule has 1 aliphatic rings. The van der Waals surface area contributed by atoms with Crippen LogP contribution in [-0.4, -0.2) is 33.5 Å². The van der Waals surface area contributed by atoms with E-state index in [-0.39, 0.29) is 30.3 Å². The molecule has 1 saturated carbocycles. The number of anilines is 2. The number of amides is 3. The third-order valence-corrected chi connectivity index (χ3v) is 6.88. The van der Waals surface area contributed by atoms with E-state index in [1.54, 1.807) is 43.5 Å². The van der Waals surface area contributed by atoms with Gasteiger partial charge in [0.05, 0.1) is 32.3 Å². The van der Waals surface area contributed by atoms with Gasteiger partial charge < -0.3 is 16.0 Å². The highest BCUT2D eigenvalue weighted by Gasteiger charge is 2.19. The third kappa shape index (κ3) is 5.80. The maximum absolute atomic E-state index is 12.8. The van der Waals surface area contributed by atoms with Gasteiger partial charge in [0.15, 0.2) is 0 Å². The van der Waals surface area contributed by atoms with Crippen molar-refractivity contribution in [3.63, 3.8) is 0 Å². The second-order valence-electron chi connectivity index (χ2n) is 7.99. The molecule has 0 unspecified atom stereocenters. The average Bonchev–Trinajstić information content (AvgIpc) is 3.51. The van der Waals surface area contributed by atoms with Gasteiger partial charge in [-0.2, -0.15) is 5.10 Å². The summed E-state index contributed by atoms with van der Waals surface area (Å²) in [6.45, 7) is 1.90. The van der Waals surface area contributed by atoms with Crippen LogP contribution in [0.2, 0.25) is 5.02 Å². The minimum atomic E-state index is -0.342. The van der Waals surface area contributed by atoms with Gasteiger partial charge in [0.1, 0.15) is 6.54 Å². The summed E-state index contributed by atoms with van der Waals surface area (Å²) in [6, 6.07) is 8.76. The molecule has 33 heavy (non-hydrogen) atoms. The topological polar surface area (TPSA) is 105 Å². The molecule has 0 bridgehead atoms. The minimum absolute atomic E-state index is 0.0871. The Morgan fingerprint density at radius 3 is 2.67 bits per heavy atom. The molecule has 10 heteroatoms. The van der Waals surface area contributed by atoms with Gasteiger partial charge in [-0.25, -0.2) is 0 Å². The van der Waals surface area contributed by atoms with E-state index in [0.717, 1.165) is 31.2 Å². The Kier molecular flexibility index (Phi) is 7.10. The summed E-state index contributed by atoms with van der Waals surface area (Å²) in [5.74, 6) is -0.743. The molecule has 3 N–H and O–H groups in total. The first-order chi connectivity index (χ1) is 15.9. The summed E-state index contributed by atoms with van der Waals surface area (Å²) in [6.07, 6.45) is 7.46. The Balaban J connectivity index is 1.35. The predicted molar refractivity (Wildman–Crippen MR) is 129 cm³/mol. The van der Waals surface area contributed by atoms with Crippen LogP contribution in [0.5, 0.6) is 0 Å². The highest BCUT2D eigenvalue weighted by molar-refractivity contribution is 7.18. The van der Waals surface area contributed by atoms with Gasteiger partial charge >= 0.3 is 0 Å². The normalized spacial score (nSPS) is 13.6. The Labute approximate surface area is 200 Å². The highest BCUT2D eigenvalue weighted by Crippen LogP contribution is 2.28. The zero-order chi connectivity index (χ0) is 23.4. The lowest BCUT2D eigenvalue weighted by molar-refractivity contribution is -0.122. The standard InChI is InChI=1S/C23H24ClN5O3S/c1-14-10-20(28-22(31)17-8-4-5-9-18(17)24)33-21(14)23(32)27-16-11-25-29(12-16)13-19(30)26-15-6-2-3-7-15/h4-5,8-12,15H,2-3,6-7,13H2,1H3,(H,26,30)(H,27,32)(H,28,31). The average molecular weight is 486 g/mol. The van der Waals surface area contributed by atoms with Crippen molar-refractivity contribution < 1.29 is 14.4 Å². The van der Waals surface area contributed by atoms with E-state index in [1.165, 1.54) is 22.2 Å². The van der Waals surface area contributed by atoms with Gasteiger partial charge in [0, 0.05) is 12.2 Å². The lowest BCUT2D eigenvalue weighted by atomic mass is 10.2. The van der Waals surface area contributed by atoms with Crippen molar-refractivity contribution >= 4 is 51.3 Å². The molecular formula is C23H24ClN5O3S. The molecule has 1 aliphatic carbocycles. The van der Waals surface area contributed by atoms with E-state index in [1.807, 2.05) is 0 Å². The van der Waals surface area contributed by atoms with E-state index in [9.17, 15) is 14.4 Å². The summed E-state index contributed by atoms with van der Waals surface area (Å²) in [4.78, 5) is 37.9. The van der Waals surface area contributed by atoms with Gasteiger partial charge in [0.2, 0.25) is 5.91 Å². The SMILES string of the molecule is Cc1cc(NC(=O)c2ccccc2Cl)sc1C(=O)Nc1cnn(CC(=O)NC2CCCC2)c1. The molecule has 0 spiro atoms. The molecule has 0 saturated heterocycles. The van der Waals surface area contributed by atoms with Crippen molar-refractivity contribution in [2.24, 2.45) is 0 Å². The molecule has 0 atom stereocenters. The van der Waals surface area contributed by atoms with Crippen LogP contribution in [0.3, 0.4) is 0 Å². The zero-order valence-corrected chi connectivity index (χ0v) is 19.6. The van der Waals surface area contributed by atoms with Crippen molar-refractivity contribution in [3.8, 4) is 0 Å². The zero-order valence-electron chi connectivity index (χ0n) is 18.1. The summed E-state index contributed by atoms with van der Waals surface area (Å²) in [5, 5.41) is 13.7. The van der Waals surface area contributed by atoms with Crippen molar-refractivity contribution in [2.75, 3.05) is 10.6 Å². The molecular weight excluding hydrogens is 462 g/mol. The number of benzene rings is 1. The monoisotopic (exact) mass is 485 g/mol. The molecule has 8 nitrogen and oxygen atoms in total. The first kappa shape index (κ1) is 23.0. The van der Waals surface area contributed by atoms with Crippen molar-refractivity contribution in [1.29, 1.82) is 0 Å². The fourth-order valence-electron chi connectivity index (χ4n) is 3.79. The van der Waals surface area contributed by atoms with Gasteiger partial charge in [-0.15, -0.1) is 11.3 Å². The Hall–Kier alpha value is -3.17. The van der Waals surface area contributed by atoms with E-state index >= 15 is 0 Å². The Bertz CT molecular complexity index is 1180. The number of nitrogens with zero attached hydrogens (tertiary/aromatic N) is 2. The number of rotatable bonds is 7. The lowest BCUT2D eigenvalue weighted by Gasteiger charge is -2.11. The summed E-state index contributed by atoms with van der Waals surface area (Å²) in [5.41, 5.74) is 1.58. The summed E-state index contributed by atoms with van der Waals surface area (Å²) in [7, 11) is 0. The van der Waals surface area contributed by atoms with Crippen LogP contribution in [0.15, 0.2) is 42.7 Å². The fourth-order valence-corrected chi connectivity index (χ4v) is 4.97. The third-order valence-electron chi connectivity index (χ3n) is 5.40. The van der Waals surface area contributed by atoms with Crippen molar-refractivity contribution in [2.45, 2.75) is 45.2 Å². The quantitative estimate of drug-likeness (QED) is 0.459. The smallest absolute Gasteiger partial charge is 0.266 e. The van der Waals surface area contributed by atoms with Gasteiger partial charge in [-0.05, 0) is 43.5 Å². The lowest BCUT2D eigenvalue weighted by Crippen LogP contribution is -2.35. The first-order valence-electron chi connectivity index (χ1n) is 10.7. The molecule has 4 rings (SSSR count). The minimum Gasteiger partial charge on any atom is -0.352 e. The summed E-state index contributed by atoms with van der Waals surface area (Å²) < 4.78 is 1.50. The van der Waals surface area contributed by atoms with Crippen LogP contribution in [0.4, 0.5) is 10.7 Å². The molecule has 3 amide bonds. The number of nitrogens with one attached hydrogen (secondary N) is 3. The van der Waals surface area contributed by atoms with Crippen LogP contribution in [-0.2, 0) is 11.3 Å².